The van der Waals surface area contributed by atoms with Crippen molar-refractivity contribution in [2.24, 2.45) is 5.92 Å². The summed E-state index contributed by atoms with van der Waals surface area (Å²) < 4.78 is 27.6. The Balaban J connectivity index is 0.000000449. The van der Waals surface area contributed by atoms with Crippen molar-refractivity contribution in [3.8, 4) is 23.2 Å². The van der Waals surface area contributed by atoms with Crippen molar-refractivity contribution in [1.82, 2.24) is 20.2 Å². The lowest BCUT2D eigenvalue weighted by Crippen LogP contribution is -2.51. The molecule has 11 heteroatoms. The van der Waals surface area contributed by atoms with Gasteiger partial charge in [0, 0.05) is 60.2 Å². The average molecular weight is 578 g/mol. The first-order valence-corrected chi connectivity index (χ1v) is 14.2. The third-order valence-corrected chi connectivity index (χ3v) is 8.51. The summed E-state index contributed by atoms with van der Waals surface area (Å²) in [4.78, 5) is 13.4. The molecule has 3 aliphatic rings. The highest BCUT2D eigenvalue weighted by Crippen LogP contribution is 2.45. The van der Waals surface area contributed by atoms with Crippen molar-refractivity contribution in [2.45, 2.75) is 38.8 Å². The minimum atomic E-state index is -0.635. The highest BCUT2D eigenvalue weighted by atomic mass is 35.5. The Hall–Kier alpha value is -3.65. The molecule has 4 aromatic rings. The predicted octanol–water partition coefficient (Wildman–Crippen LogP) is 5.11. The van der Waals surface area contributed by atoms with E-state index in [-0.39, 0.29) is 33.4 Å². The molecule has 2 bridgehead atoms. The van der Waals surface area contributed by atoms with Crippen molar-refractivity contribution >= 4 is 45.0 Å². The summed E-state index contributed by atoms with van der Waals surface area (Å²) >= 11 is 6.75. The van der Waals surface area contributed by atoms with Gasteiger partial charge in [-0.15, -0.1) is 0 Å². The summed E-state index contributed by atoms with van der Waals surface area (Å²) in [7, 11) is 3.61. The number of nitrogens with two attached hydrogens (primary N) is 1. The highest BCUT2D eigenvalue weighted by Gasteiger charge is 2.34. The van der Waals surface area contributed by atoms with Gasteiger partial charge in [-0.05, 0) is 50.9 Å². The van der Waals surface area contributed by atoms with E-state index in [2.05, 4.69) is 45.1 Å². The monoisotopic (exact) mass is 577 g/mol. The number of nitriles is 1. The van der Waals surface area contributed by atoms with Crippen molar-refractivity contribution < 1.29 is 13.5 Å². The highest BCUT2D eigenvalue weighted by molar-refractivity contribution is 6.35. The van der Waals surface area contributed by atoms with Gasteiger partial charge in [0.25, 0.3) is 0 Å². The van der Waals surface area contributed by atoms with Gasteiger partial charge in [0.2, 0.25) is 0 Å². The summed E-state index contributed by atoms with van der Waals surface area (Å²) in [5, 5.41) is 14.4. The van der Waals surface area contributed by atoms with Gasteiger partial charge < -0.3 is 30.0 Å². The molecule has 2 unspecified atom stereocenters. The largest absolute Gasteiger partial charge is 0.467 e. The van der Waals surface area contributed by atoms with Gasteiger partial charge in [0.1, 0.15) is 28.7 Å². The smallest absolute Gasteiger partial charge is 0.318 e. The summed E-state index contributed by atoms with van der Waals surface area (Å²) in [5.41, 5.74) is 7.54. The van der Waals surface area contributed by atoms with Gasteiger partial charge in [0.15, 0.2) is 5.82 Å². The van der Waals surface area contributed by atoms with Crippen LogP contribution in [0.15, 0.2) is 22.6 Å². The number of likely N-dealkylation sites (tertiary alicyclic amines) is 1. The number of ether oxygens (including phenoxy) is 1. The summed E-state index contributed by atoms with van der Waals surface area (Å²) in [6.07, 6.45) is 2.19. The van der Waals surface area contributed by atoms with Crippen LogP contribution in [0.1, 0.15) is 31.1 Å². The summed E-state index contributed by atoms with van der Waals surface area (Å²) in [6, 6.07) is 7.85. The number of aromatic nitrogens is 2. The molecule has 3 saturated heterocycles. The van der Waals surface area contributed by atoms with Crippen LogP contribution < -0.4 is 20.7 Å². The molecule has 41 heavy (non-hydrogen) atoms. The van der Waals surface area contributed by atoms with Gasteiger partial charge >= 0.3 is 6.01 Å². The third kappa shape index (κ3) is 4.82. The van der Waals surface area contributed by atoms with Crippen LogP contribution in [0.5, 0.6) is 6.01 Å². The molecular formula is C30H33ClFN7O2. The van der Waals surface area contributed by atoms with Gasteiger partial charge in [-0.25, -0.2) is 4.39 Å². The number of methoxy groups -OCH3 is 1. The maximum absolute atomic E-state index is 16.3. The second kappa shape index (κ2) is 10.6. The van der Waals surface area contributed by atoms with E-state index in [9.17, 15) is 5.26 Å². The van der Waals surface area contributed by atoms with Crippen LogP contribution in [0.3, 0.4) is 0 Å². The second-order valence-corrected chi connectivity index (χ2v) is 11.8. The van der Waals surface area contributed by atoms with E-state index in [0.29, 0.717) is 45.6 Å². The molecule has 3 aliphatic heterocycles. The molecule has 9 nitrogen and oxygen atoms in total. The maximum atomic E-state index is 16.3. The Morgan fingerprint density at radius 1 is 1.17 bits per heavy atom. The number of aryl methyl sites for hydroxylation is 1. The fourth-order valence-corrected chi connectivity index (χ4v) is 6.73. The molecule has 214 valence electrons. The van der Waals surface area contributed by atoms with Crippen LogP contribution in [0, 0.1) is 30.0 Å². The number of nitrogens with one attached hydrogen (secondary N) is 1. The molecule has 3 fully saturated rings. The first-order chi connectivity index (χ1) is 19.7. The van der Waals surface area contributed by atoms with Crippen molar-refractivity contribution in [3.63, 3.8) is 0 Å². The average Bonchev–Trinajstić information content (AvgIpc) is 3.45. The molecule has 2 atom stereocenters. The molecule has 0 spiro atoms. The Morgan fingerprint density at radius 3 is 2.46 bits per heavy atom. The molecule has 5 heterocycles. The van der Waals surface area contributed by atoms with Crippen LogP contribution in [0.25, 0.3) is 33.0 Å². The van der Waals surface area contributed by atoms with Gasteiger partial charge in [-0.2, -0.15) is 15.2 Å². The van der Waals surface area contributed by atoms with Gasteiger partial charge in [-0.3, -0.25) is 0 Å². The molecular weight excluding hydrogens is 545 g/mol. The standard InChI is InChI=1S/C25H22ClFN6O2.C5H11N/c1-11-19(20-15(8-28)17(29)5-6-18(20)35-11)21-16(26)7-14-23(22(21)27)31-25(34-2)32-24(14)33-9-12-3-4-13(10-33)30-12;1-5-3-6(2)4-5/h5-7,12-13,30H,3-4,9-10,29H2,1-2H3;5H,3-4H2,1-2H3. The molecule has 0 amide bonds. The van der Waals surface area contributed by atoms with Crippen LogP contribution >= 0.6 is 11.6 Å². The topological polar surface area (TPSA) is 116 Å². The van der Waals surface area contributed by atoms with Crippen LogP contribution in [-0.2, 0) is 0 Å². The first-order valence-electron chi connectivity index (χ1n) is 13.8. The fourth-order valence-electron chi connectivity index (χ4n) is 6.45. The Bertz CT molecular complexity index is 1680. The lowest BCUT2D eigenvalue weighted by atomic mass is 9.96. The first kappa shape index (κ1) is 27.5. The minimum Gasteiger partial charge on any atom is -0.467 e. The zero-order valence-electron chi connectivity index (χ0n) is 23.6. The Kier molecular flexibility index (Phi) is 7.14. The van der Waals surface area contributed by atoms with Crippen LogP contribution in [-0.4, -0.2) is 67.3 Å². The summed E-state index contributed by atoms with van der Waals surface area (Å²) in [6.45, 7) is 8.10. The molecule has 0 saturated carbocycles. The lowest BCUT2D eigenvalue weighted by Gasteiger charge is -2.34. The lowest BCUT2D eigenvalue weighted by molar-refractivity contribution is 0.149. The number of halogens is 2. The van der Waals surface area contributed by atoms with Crippen molar-refractivity contribution in [2.75, 3.05) is 51.0 Å². The SMILES string of the molecule is CC1CN(C)C1.COc1nc(N2CC3CCC(C2)N3)c2cc(Cl)c(-c3c(C)oc4ccc(N)c(C#N)c34)c(F)c2n1. The normalized spacial score (nSPS) is 20.6. The second-order valence-electron chi connectivity index (χ2n) is 11.4. The number of rotatable bonds is 3. The van der Waals surface area contributed by atoms with Crippen LogP contribution in [0.2, 0.25) is 5.02 Å². The third-order valence-electron chi connectivity index (χ3n) is 8.21. The van der Waals surface area contributed by atoms with E-state index in [4.69, 9.17) is 26.5 Å². The molecule has 2 aromatic heterocycles. The molecule has 7 rings (SSSR count). The number of benzene rings is 2. The van der Waals surface area contributed by atoms with E-state index in [1.165, 1.54) is 20.2 Å². The molecule has 2 aromatic carbocycles. The fraction of sp³-hybridized carbons (Fsp3) is 0.433. The Labute approximate surface area is 243 Å². The predicted molar refractivity (Wildman–Crippen MR) is 159 cm³/mol. The van der Waals surface area contributed by atoms with Gasteiger partial charge in [0.05, 0.1) is 23.4 Å². The van der Waals surface area contributed by atoms with Gasteiger partial charge in [-0.1, -0.05) is 18.5 Å². The Morgan fingerprint density at radius 2 is 1.88 bits per heavy atom. The van der Waals surface area contributed by atoms with E-state index < -0.39 is 5.82 Å². The number of piperazine rings is 1. The number of hydrogen-bond donors (Lipinski definition) is 2. The number of nitrogens with zero attached hydrogens (tertiary/aromatic N) is 5. The van der Waals surface area contributed by atoms with Crippen molar-refractivity contribution in [3.05, 3.63) is 40.4 Å². The number of furan rings is 1. The number of hydrogen-bond acceptors (Lipinski definition) is 9. The van der Waals surface area contributed by atoms with E-state index >= 15 is 4.39 Å². The van der Waals surface area contributed by atoms with Crippen molar-refractivity contribution in [1.29, 1.82) is 5.26 Å². The van der Waals surface area contributed by atoms with Crippen LogP contribution in [0.4, 0.5) is 15.9 Å². The molecule has 0 radical (unpaired) electrons. The zero-order valence-corrected chi connectivity index (χ0v) is 24.3. The minimum absolute atomic E-state index is 0.0706. The maximum Gasteiger partial charge on any atom is 0.318 e. The molecule has 0 aliphatic carbocycles. The quantitative estimate of drug-likeness (QED) is 0.320. The van der Waals surface area contributed by atoms with E-state index in [0.717, 1.165) is 31.8 Å². The zero-order chi connectivity index (χ0) is 29.0. The number of fused-ring (bicyclic) bond motifs is 4. The number of nitrogen functional groups attached to an aromatic ring is 1. The molecule has 3 N–H and O–H groups in total. The van der Waals surface area contributed by atoms with E-state index in [1.807, 2.05) is 0 Å². The van der Waals surface area contributed by atoms with E-state index in [1.54, 1.807) is 25.1 Å². The summed E-state index contributed by atoms with van der Waals surface area (Å²) in [5.74, 6) is 1.34. The number of anilines is 2.